The van der Waals surface area contributed by atoms with Gasteiger partial charge in [-0.1, -0.05) is 0 Å². The zero-order chi connectivity index (χ0) is 8.73. The summed E-state index contributed by atoms with van der Waals surface area (Å²) in [5.41, 5.74) is 1.60. The number of fused-ring (bicyclic) bond motifs is 2. The molecule has 2 aliphatic rings. The Kier molecular flexibility index (Phi) is 1.76. The Morgan fingerprint density at radius 2 is 2.00 bits per heavy atom. The van der Waals surface area contributed by atoms with E-state index in [9.17, 15) is 0 Å². The molecule has 2 aliphatic heterocycles. The van der Waals surface area contributed by atoms with Crippen molar-refractivity contribution in [3.8, 4) is 0 Å². The molecule has 1 nitrogen and oxygen atoms in total. The predicted molar refractivity (Wildman–Crippen MR) is 57.0 cm³/mol. The number of aromatic nitrogens is 1. The summed E-state index contributed by atoms with van der Waals surface area (Å²) in [7, 11) is 0. The van der Waals surface area contributed by atoms with Gasteiger partial charge in [0.15, 0.2) is 0 Å². The van der Waals surface area contributed by atoms with Crippen LogP contribution in [-0.4, -0.2) is 18.3 Å². The Balaban J connectivity index is 2.11. The van der Waals surface area contributed by atoms with Crippen molar-refractivity contribution in [3.05, 3.63) is 24.0 Å². The molecule has 1 aromatic rings. The van der Waals surface area contributed by atoms with E-state index in [0.29, 0.717) is 0 Å². The van der Waals surface area contributed by atoms with Gasteiger partial charge in [-0.05, 0) is 0 Å². The summed E-state index contributed by atoms with van der Waals surface area (Å²) in [6.45, 7) is 0. The zero-order valence-corrected chi connectivity index (χ0v) is 10.0. The third-order valence-corrected chi connectivity index (χ3v) is 15.4. The fourth-order valence-electron chi connectivity index (χ4n) is 3.22. The normalized spacial score (nSPS) is 23.7. The van der Waals surface area contributed by atoms with Crippen molar-refractivity contribution in [1.29, 1.82) is 0 Å². The van der Waals surface area contributed by atoms with E-state index >= 15 is 0 Å². The van der Waals surface area contributed by atoms with Crippen LogP contribution in [0.25, 0.3) is 0 Å². The van der Waals surface area contributed by atoms with Gasteiger partial charge >= 0.3 is 81.7 Å². The second-order valence-electron chi connectivity index (χ2n) is 4.52. The van der Waals surface area contributed by atoms with Crippen molar-refractivity contribution >= 4 is 17.7 Å². The number of nitrogens with zero attached hydrogens (tertiary/aromatic N) is 1. The molecule has 0 N–H and O–H groups in total. The van der Waals surface area contributed by atoms with Crippen LogP contribution in [0.2, 0.25) is 15.8 Å². The minimum absolute atomic E-state index is 1.35. The Bertz CT molecular complexity index is 329. The van der Waals surface area contributed by atoms with Gasteiger partial charge in [-0.25, -0.2) is 0 Å². The first-order valence-corrected chi connectivity index (χ1v) is 10.8. The summed E-state index contributed by atoms with van der Waals surface area (Å²) in [6, 6.07) is 2.34. The molecule has 2 heteroatoms. The zero-order valence-electron chi connectivity index (χ0n) is 7.92. The molecular weight excluding hydrogens is 219 g/mol. The maximum absolute atomic E-state index is 4.24. The average Bonchev–Trinajstić information content (AvgIpc) is 2.78. The van der Waals surface area contributed by atoms with Crippen molar-refractivity contribution in [2.24, 2.45) is 0 Å². The van der Waals surface area contributed by atoms with Gasteiger partial charge in [0.2, 0.25) is 0 Å². The molecule has 0 atom stereocenters. The Hall–Kier alpha value is -0.307. The van der Waals surface area contributed by atoms with E-state index in [2.05, 4.69) is 17.2 Å². The van der Waals surface area contributed by atoms with E-state index in [1.807, 2.05) is 10.6 Å². The van der Waals surface area contributed by atoms with Gasteiger partial charge in [-0.2, -0.15) is 0 Å². The number of rotatable bonds is 0. The van der Waals surface area contributed by atoms with Gasteiger partial charge in [0.1, 0.15) is 0 Å². The minimum atomic E-state index is -1.46. The standard InChI is InChI=1S/C11H15GeN/c1-2-6-12(5-1)7-3-10-9-13-8-4-11(10)12/h4,8-9H,1-3,5-7H2. The van der Waals surface area contributed by atoms with Crippen LogP contribution in [0.5, 0.6) is 0 Å². The van der Waals surface area contributed by atoms with Crippen molar-refractivity contribution in [1.82, 2.24) is 4.98 Å². The van der Waals surface area contributed by atoms with Crippen LogP contribution >= 0.6 is 0 Å². The van der Waals surface area contributed by atoms with E-state index in [1.54, 1.807) is 21.3 Å². The van der Waals surface area contributed by atoms with Crippen LogP contribution in [0.1, 0.15) is 18.4 Å². The van der Waals surface area contributed by atoms with Crippen LogP contribution in [-0.2, 0) is 6.42 Å². The van der Waals surface area contributed by atoms with Gasteiger partial charge in [0, 0.05) is 0 Å². The molecule has 1 saturated heterocycles. The number of pyridine rings is 1. The maximum atomic E-state index is 4.24. The van der Waals surface area contributed by atoms with Gasteiger partial charge in [-0.3, -0.25) is 0 Å². The molecular formula is C11H15GeN. The van der Waals surface area contributed by atoms with Crippen LogP contribution in [0.4, 0.5) is 0 Å². The molecule has 0 radical (unpaired) electrons. The Morgan fingerprint density at radius 1 is 1.15 bits per heavy atom. The summed E-state index contributed by atoms with van der Waals surface area (Å²) in [5.74, 6) is 0. The number of aryl methyl sites for hydroxylation is 1. The molecule has 0 amide bonds. The first kappa shape index (κ1) is 8.04. The molecule has 13 heavy (non-hydrogen) atoms. The monoisotopic (exact) mass is 235 g/mol. The van der Waals surface area contributed by atoms with Crippen LogP contribution < -0.4 is 4.40 Å². The van der Waals surface area contributed by atoms with Crippen molar-refractivity contribution in [3.63, 3.8) is 0 Å². The van der Waals surface area contributed by atoms with Gasteiger partial charge in [0.05, 0.1) is 0 Å². The van der Waals surface area contributed by atoms with Crippen LogP contribution in [0.3, 0.4) is 0 Å². The third kappa shape index (κ3) is 1.09. The van der Waals surface area contributed by atoms with Crippen molar-refractivity contribution in [2.75, 3.05) is 0 Å². The van der Waals surface area contributed by atoms with Gasteiger partial charge < -0.3 is 0 Å². The summed E-state index contributed by atoms with van der Waals surface area (Å²) >= 11 is -1.46. The molecule has 1 fully saturated rings. The summed E-state index contributed by atoms with van der Waals surface area (Å²) in [4.78, 5) is 4.24. The number of hydrogen-bond donors (Lipinski definition) is 0. The second-order valence-corrected chi connectivity index (χ2v) is 14.2. The fraction of sp³-hybridized carbons (Fsp3) is 0.545. The third-order valence-electron chi connectivity index (χ3n) is 3.91. The Morgan fingerprint density at radius 3 is 2.85 bits per heavy atom. The van der Waals surface area contributed by atoms with E-state index in [-0.39, 0.29) is 0 Å². The molecule has 0 aliphatic carbocycles. The Labute approximate surface area is 81.9 Å². The van der Waals surface area contributed by atoms with Crippen molar-refractivity contribution in [2.45, 2.75) is 35.0 Å². The first-order chi connectivity index (χ1) is 6.41. The SMILES string of the molecule is c1c[c]2c(cn1)C[CH2][Ge]21[CH2]CC[CH2]1. The van der Waals surface area contributed by atoms with E-state index in [0.717, 1.165) is 0 Å². The van der Waals surface area contributed by atoms with Crippen molar-refractivity contribution < 1.29 is 0 Å². The summed E-state index contributed by atoms with van der Waals surface area (Å²) < 4.78 is 1.81. The first-order valence-electron chi connectivity index (χ1n) is 5.34. The second kappa shape index (κ2) is 2.84. The molecule has 1 spiro atoms. The summed E-state index contributed by atoms with van der Waals surface area (Å²) in [5, 5.41) is 4.79. The van der Waals surface area contributed by atoms with Crippen LogP contribution in [0, 0.1) is 0 Å². The molecule has 68 valence electrons. The molecule has 3 heterocycles. The number of hydrogen-bond acceptors (Lipinski definition) is 1. The van der Waals surface area contributed by atoms with E-state index in [1.165, 1.54) is 19.3 Å². The molecule has 0 aromatic carbocycles. The fourth-order valence-corrected chi connectivity index (χ4v) is 14.7. The van der Waals surface area contributed by atoms with E-state index < -0.39 is 13.3 Å². The molecule has 0 saturated carbocycles. The molecule has 3 rings (SSSR count). The molecule has 0 unspecified atom stereocenters. The van der Waals surface area contributed by atoms with Crippen LogP contribution in [0.15, 0.2) is 18.5 Å². The average molecular weight is 234 g/mol. The quantitative estimate of drug-likeness (QED) is 0.626. The topological polar surface area (TPSA) is 12.9 Å². The van der Waals surface area contributed by atoms with Gasteiger partial charge in [0.25, 0.3) is 0 Å². The van der Waals surface area contributed by atoms with Gasteiger partial charge in [-0.15, -0.1) is 0 Å². The molecule has 1 aromatic heterocycles. The summed E-state index contributed by atoms with van der Waals surface area (Å²) in [6.07, 6.45) is 8.51. The van der Waals surface area contributed by atoms with E-state index in [4.69, 9.17) is 0 Å². The molecule has 0 bridgehead atoms. The predicted octanol–water partition coefficient (Wildman–Crippen LogP) is 2.09.